The molecule has 0 aromatic carbocycles. The lowest BCUT2D eigenvalue weighted by Gasteiger charge is -2.18. The van der Waals surface area contributed by atoms with Crippen LogP contribution in [-0.4, -0.2) is 37.2 Å². The van der Waals surface area contributed by atoms with Crippen LogP contribution < -0.4 is 0 Å². The van der Waals surface area contributed by atoms with E-state index in [4.69, 9.17) is 14.2 Å². The van der Waals surface area contributed by atoms with E-state index in [1.54, 1.807) is 0 Å². The van der Waals surface area contributed by atoms with Gasteiger partial charge in [0.25, 0.3) is 0 Å². The summed E-state index contributed by atoms with van der Waals surface area (Å²) in [4.78, 5) is 37.2. The summed E-state index contributed by atoms with van der Waals surface area (Å²) in [5, 5.41) is 0. The lowest BCUT2D eigenvalue weighted by Crippen LogP contribution is -2.30. The first-order valence-corrected chi connectivity index (χ1v) is 19.9. The molecular weight excluding hydrogens is 576 g/mol. The van der Waals surface area contributed by atoms with E-state index in [1.165, 1.54) is 103 Å². The van der Waals surface area contributed by atoms with Crippen molar-refractivity contribution in [3.05, 3.63) is 0 Å². The number of carbonyl (C=O) groups excluding carboxylic acids is 3. The van der Waals surface area contributed by atoms with Gasteiger partial charge >= 0.3 is 17.9 Å². The molecular formula is C40H76O6. The smallest absolute Gasteiger partial charge is 0.306 e. The Morgan fingerprint density at radius 3 is 1.07 bits per heavy atom. The van der Waals surface area contributed by atoms with Crippen molar-refractivity contribution in [1.29, 1.82) is 0 Å². The minimum absolute atomic E-state index is 0.0663. The molecule has 272 valence electrons. The summed E-state index contributed by atoms with van der Waals surface area (Å²) < 4.78 is 16.5. The van der Waals surface area contributed by atoms with E-state index in [0.717, 1.165) is 70.1 Å². The van der Waals surface area contributed by atoms with Crippen LogP contribution in [0, 0.1) is 5.92 Å². The van der Waals surface area contributed by atoms with Crippen LogP contribution in [0.15, 0.2) is 0 Å². The van der Waals surface area contributed by atoms with Gasteiger partial charge < -0.3 is 14.2 Å². The molecule has 0 amide bonds. The van der Waals surface area contributed by atoms with Gasteiger partial charge in [0, 0.05) is 19.3 Å². The summed E-state index contributed by atoms with van der Waals surface area (Å²) in [6.45, 7) is 8.86. The van der Waals surface area contributed by atoms with Crippen molar-refractivity contribution in [3.63, 3.8) is 0 Å². The van der Waals surface area contributed by atoms with Crippen molar-refractivity contribution in [1.82, 2.24) is 0 Å². The van der Waals surface area contributed by atoms with Crippen LogP contribution in [-0.2, 0) is 28.6 Å². The van der Waals surface area contributed by atoms with Crippen LogP contribution in [0.25, 0.3) is 0 Å². The predicted octanol–water partition coefficient (Wildman–Crippen LogP) is 12.0. The molecule has 1 atom stereocenters. The molecule has 0 spiro atoms. The second-order valence-electron chi connectivity index (χ2n) is 14.0. The number of unbranched alkanes of at least 4 members (excludes halogenated alkanes) is 22. The van der Waals surface area contributed by atoms with Crippen molar-refractivity contribution in [3.8, 4) is 0 Å². The summed E-state index contributed by atoms with van der Waals surface area (Å²) in [6.07, 6.45) is 31.2. The third-order valence-electron chi connectivity index (χ3n) is 8.79. The quantitative estimate of drug-likeness (QED) is 0.0385. The molecule has 0 aliphatic carbocycles. The fraction of sp³-hybridized carbons (Fsp3) is 0.925. The lowest BCUT2D eigenvalue weighted by atomic mass is 10.0. The normalized spacial score (nSPS) is 11.9. The minimum Gasteiger partial charge on any atom is -0.462 e. The van der Waals surface area contributed by atoms with Gasteiger partial charge in [-0.2, -0.15) is 0 Å². The van der Waals surface area contributed by atoms with Crippen LogP contribution in [0.2, 0.25) is 0 Å². The number of ether oxygens (including phenoxy) is 3. The zero-order valence-corrected chi connectivity index (χ0v) is 31.0. The topological polar surface area (TPSA) is 78.9 Å². The molecule has 0 rings (SSSR count). The first-order valence-electron chi connectivity index (χ1n) is 19.9. The molecule has 6 heteroatoms. The summed E-state index contributed by atoms with van der Waals surface area (Å²) in [5.74, 6) is -0.0602. The van der Waals surface area contributed by atoms with E-state index in [0.29, 0.717) is 19.3 Å². The van der Waals surface area contributed by atoms with Crippen molar-refractivity contribution in [2.24, 2.45) is 5.92 Å². The van der Waals surface area contributed by atoms with Gasteiger partial charge in [-0.3, -0.25) is 14.4 Å². The number of hydrogen-bond donors (Lipinski definition) is 0. The monoisotopic (exact) mass is 653 g/mol. The Labute approximate surface area is 285 Å². The fourth-order valence-corrected chi connectivity index (χ4v) is 5.74. The van der Waals surface area contributed by atoms with E-state index < -0.39 is 6.10 Å². The van der Waals surface area contributed by atoms with E-state index in [-0.39, 0.29) is 31.1 Å². The van der Waals surface area contributed by atoms with Gasteiger partial charge in [0.15, 0.2) is 6.10 Å². The Morgan fingerprint density at radius 1 is 0.413 bits per heavy atom. The zero-order chi connectivity index (χ0) is 33.9. The zero-order valence-electron chi connectivity index (χ0n) is 31.0. The van der Waals surface area contributed by atoms with Gasteiger partial charge in [-0.25, -0.2) is 0 Å². The van der Waals surface area contributed by atoms with Crippen LogP contribution in [0.1, 0.15) is 214 Å². The SMILES string of the molecule is CCCCCCCCCCCCC(=O)OC[C@H](COC(=O)CCCCCCCCCCCCC(C)C)OC(=O)CCCCCCC. The molecule has 0 bridgehead atoms. The molecule has 0 unspecified atom stereocenters. The van der Waals surface area contributed by atoms with Gasteiger partial charge in [-0.1, -0.05) is 175 Å². The Kier molecular flexibility index (Phi) is 33.5. The number of esters is 3. The maximum atomic E-state index is 12.5. The van der Waals surface area contributed by atoms with Crippen LogP contribution in [0.5, 0.6) is 0 Å². The Balaban J connectivity index is 4.21. The summed E-state index contributed by atoms with van der Waals surface area (Å²) in [5.41, 5.74) is 0. The van der Waals surface area contributed by atoms with Crippen molar-refractivity contribution < 1.29 is 28.6 Å². The first-order chi connectivity index (χ1) is 22.4. The average Bonchev–Trinajstić information content (AvgIpc) is 3.03. The molecule has 0 radical (unpaired) electrons. The third-order valence-corrected chi connectivity index (χ3v) is 8.79. The summed E-state index contributed by atoms with van der Waals surface area (Å²) in [7, 11) is 0. The molecule has 0 aromatic rings. The second-order valence-corrected chi connectivity index (χ2v) is 14.0. The molecule has 0 N–H and O–H groups in total. The maximum Gasteiger partial charge on any atom is 0.306 e. The minimum atomic E-state index is -0.755. The highest BCUT2D eigenvalue weighted by atomic mass is 16.6. The van der Waals surface area contributed by atoms with Crippen molar-refractivity contribution in [2.75, 3.05) is 13.2 Å². The van der Waals surface area contributed by atoms with Crippen molar-refractivity contribution >= 4 is 17.9 Å². The summed E-state index contributed by atoms with van der Waals surface area (Å²) in [6, 6.07) is 0. The fourth-order valence-electron chi connectivity index (χ4n) is 5.74. The molecule has 0 fully saturated rings. The Morgan fingerprint density at radius 2 is 0.717 bits per heavy atom. The molecule has 0 aromatic heterocycles. The highest BCUT2D eigenvalue weighted by Crippen LogP contribution is 2.15. The number of hydrogen-bond acceptors (Lipinski definition) is 6. The predicted molar refractivity (Wildman–Crippen MR) is 192 cm³/mol. The van der Waals surface area contributed by atoms with E-state index in [2.05, 4.69) is 27.7 Å². The third kappa shape index (κ3) is 33.8. The standard InChI is InChI=1S/C40H76O6/c1-5-7-9-11-12-13-17-20-24-27-31-38(41)44-34-37(46-40(43)33-29-22-10-8-6-2)35-45-39(42)32-28-25-21-18-15-14-16-19-23-26-30-36(3)4/h36-37H,5-35H2,1-4H3/t37-/m1/s1. The lowest BCUT2D eigenvalue weighted by molar-refractivity contribution is -0.167. The molecule has 0 aliphatic rings. The summed E-state index contributed by atoms with van der Waals surface area (Å²) >= 11 is 0. The largest absolute Gasteiger partial charge is 0.462 e. The van der Waals surface area contributed by atoms with Crippen LogP contribution in [0.3, 0.4) is 0 Å². The maximum absolute atomic E-state index is 12.5. The van der Waals surface area contributed by atoms with Gasteiger partial charge in [0.1, 0.15) is 13.2 Å². The average molecular weight is 653 g/mol. The second kappa shape index (κ2) is 34.7. The van der Waals surface area contributed by atoms with E-state index in [1.807, 2.05) is 0 Å². The Hall–Kier alpha value is -1.59. The van der Waals surface area contributed by atoms with Gasteiger partial charge in [-0.15, -0.1) is 0 Å². The van der Waals surface area contributed by atoms with Gasteiger partial charge in [-0.05, 0) is 25.2 Å². The molecule has 46 heavy (non-hydrogen) atoms. The number of rotatable bonds is 35. The number of carbonyl (C=O) groups is 3. The molecule has 0 saturated carbocycles. The molecule has 0 heterocycles. The van der Waals surface area contributed by atoms with Gasteiger partial charge in [0.2, 0.25) is 0 Å². The Bertz CT molecular complexity index is 691. The van der Waals surface area contributed by atoms with Gasteiger partial charge in [0.05, 0.1) is 0 Å². The molecule has 0 aliphatic heterocycles. The molecule has 0 saturated heterocycles. The van der Waals surface area contributed by atoms with Crippen molar-refractivity contribution in [2.45, 2.75) is 220 Å². The van der Waals surface area contributed by atoms with Crippen LogP contribution in [0.4, 0.5) is 0 Å². The van der Waals surface area contributed by atoms with Crippen LogP contribution >= 0.6 is 0 Å². The molecule has 6 nitrogen and oxygen atoms in total. The van der Waals surface area contributed by atoms with E-state index >= 15 is 0 Å². The van der Waals surface area contributed by atoms with E-state index in [9.17, 15) is 14.4 Å². The highest BCUT2D eigenvalue weighted by molar-refractivity contribution is 5.71. The highest BCUT2D eigenvalue weighted by Gasteiger charge is 2.19. The first kappa shape index (κ1) is 44.4.